The molecule has 2 aromatic rings. The Kier molecular flexibility index (Phi) is 2.99. The smallest absolute Gasteiger partial charge is 0.170 e. The van der Waals surface area contributed by atoms with Crippen LogP contribution >= 0.6 is 27.3 Å². The molecule has 1 aliphatic rings. The van der Waals surface area contributed by atoms with Crippen molar-refractivity contribution < 1.29 is 9.53 Å². The predicted molar refractivity (Wildman–Crippen MR) is 75.5 cm³/mol. The van der Waals surface area contributed by atoms with Gasteiger partial charge in [-0.25, -0.2) is 0 Å². The van der Waals surface area contributed by atoms with Crippen LogP contribution in [0.1, 0.15) is 33.3 Å². The van der Waals surface area contributed by atoms with Crippen LogP contribution in [-0.2, 0) is 0 Å². The Labute approximate surface area is 118 Å². The van der Waals surface area contributed by atoms with Crippen LogP contribution in [-0.4, -0.2) is 5.78 Å². The van der Waals surface area contributed by atoms with Gasteiger partial charge in [0.05, 0.1) is 12.0 Å². The van der Waals surface area contributed by atoms with E-state index in [-0.39, 0.29) is 11.9 Å². The minimum Gasteiger partial charge on any atom is -0.484 e. The zero-order chi connectivity index (χ0) is 12.7. The van der Waals surface area contributed by atoms with Crippen molar-refractivity contribution in [1.29, 1.82) is 0 Å². The number of carbonyl (C=O) groups is 1. The summed E-state index contributed by atoms with van der Waals surface area (Å²) < 4.78 is 6.86. The number of Topliss-reactive ketones (excluding diaryl/α,β-unsaturated/α-hetero) is 1. The zero-order valence-electron chi connectivity index (χ0n) is 9.77. The molecule has 92 valence electrons. The van der Waals surface area contributed by atoms with Gasteiger partial charge in [-0.2, -0.15) is 0 Å². The number of ketones is 1. The highest BCUT2D eigenvalue weighted by Gasteiger charge is 2.29. The summed E-state index contributed by atoms with van der Waals surface area (Å²) in [6.07, 6.45) is 0.288. The van der Waals surface area contributed by atoms with Gasteiger partial charge in [0, 0.05) is 9.35 Å². The third-order valence-electron chi connectivity index (χ3n) is 3.08. The number of carbonyl (C=O) groups excluding carboxylic acids is 1. The van der Waals surface area contributed by atoms with E-state index in [0.717, 1.165) is 9.35 Å². The SMILES string of the molecule is Cc1ccsc1C1CC(=O)c2cc(Br)ccc2O1. The van der Waals surface area contributed by atoms with E-state index in [2.05, 4.69) is 28.9 Å². The molecular weight excluding hydrogens is 312 g/mol. The molecule has 3 rings (SSSR count). The Hall–Kier alpha value is -1.13. The van der Waals surface area contributed by atoms with Crippen LogP contribution in [0, 0.1) is 6.92 Å². The molecule has 2 nitrogen and oxygen atoms in total. The van der Waals surface area contributed by atoms with E-state index in [0.29, 0.717) is 17.7 Å². The Balaban J connectivity index is 2.00. The first-order valence-electron chi connectivity index (χ1n) is 5.68. The quantitative estimate of drug-likeness (QED) is 0.771. The van der Waals surface area contributed by atoms with Gasteiger partial charge in [-0.05, 0) is 42.1 Å². The van der Waals surface area contributed by atoms with Crippen LogP contribution in [0.4, 0.5) is 0 Å². The molecule has 0 saturated carbocycles. The number of hydrogen-bond donors (Lipinski definition) is 0. The maximum absolute atomic E-state index is 12.2. The lowest BCUT2D eigenvalue weighted by Crippen LogP contribution is -2.20. The molecule has 1 aromatic carbocycles. The molecule has 0 fully saturated rings. The summed E-state index contributed by atoms with van der Waals surface area (Å²) >= 11 is 5.03. The first-order chi connectivity index (χ1) is 8.65. The third-order valence-corrected chi connectivity index (χ3v) is 4.68. The molecule has 0 saturated heterocycles. The van der Waals surface area contributed by atoms with Crippen LogP contribution < -0.4 is 4.74 Å². The number of rotatable bonds is 1. The molecule has 0 spiro atoms. The minimum atomic E-state index is -0.133. The van der Waals surface area contributed by atoms with Gasteiger partial charge in [-0.3, -0.25) is 4.79 Å². The summed E-state index contributed by atoms with van der Waals surface area (Å²) in [6, 6.07) is 7.64. The van der Waals surface area contributed by atoms with Crippen molar-refractivity contribution in [2.24, 2.45) is 0 Å². The van der Waals surface area contributed by atoms with Gasteiger partial charge in [-0.15, -0.1) is 11.3 Å². The lowest BCUT2D eigenvalue weighted by atomic mass is 9.99. The largest absolute Gasteiger partial charge is 0.484 e. The molecule has 1 atom stereocenters. The van der Waals surface area contributed by atoms with Crippen LogP contribution in [0.5, 0.6) is 5.75 Å². The maximum atomic E-state index is 12.2. The molecule has 0 N–H and O–H groups in total. The zero-order valence-corrected chi connectivity index (χ0v) is 12.2. The first kappa shape index (κ1) is 11.9. The summed E-state index contributed by atoms with van der Waals surface area (Å²) in [5, 5.41) is 2.04. The van der Waals surface area contributed by atoms with Crippen LogP contribution in [0.2, 0.25) is 0 Å². The van der Waals surface area contributed by atoms with Gasteiger partial charge in [0.2, 0.25) is 0 Å². The number of thiophene rings is 1. The highest BCUT2D eigenvalue weighted by molar-refractivity contribution is 9.10. The number of hydrogen-bond acceptors (Lipinski definition) is 3. The molecule has 0 bridgehead atoms. The summed E-state index contributed by atoms with van der Waals surface area (Å²) in [5.74, 6) is 0.836. The van der Waals surface area contributed by atoms with Gasteiger partial charge in [0.15, 0.2) is 5.78 Å². The predicted octanol–water partition coefficient (Wildman–Crippen LogP) is 4.53. The van der Waals surface area contributed by atoms with Crippen molar-refractivity contribution in [2.45, 2.75) is 19.4 Å². The van der Waals surface area contributed by atoms with E-state index in [4.69, 9.17) is 4.74 Å². The van der Waals surface area contributed by atoms with Crippen LogP contribution in [0.3, 0.4) is 0 Å². The van der Waals surface area contributed by atoms with Crippen molar-refractivity contribution in [3.05, 3.63) is 50.1 Å². The fourth-order valence-corrected chi connectivity index (χ4v) is 3.47. The molecule has 1 unspecified atom stereocenters. The second-order valence-electron chi connectivity index (χ2n) is 4.34. The van der Waals surface area contributed by atoms with E-state index in [9.17, 15) is 4.79 Å². The van der Waals surface area contributed by atoms with E-state index in [1.807, 2.05) is 23.6 Å². The number of halogens is 1. The molecule has 2 heterocycles. The average molecular weight is 323 g/mol. The van der Waals surface area contributed by atoms with Gasteiger partial charge >= 0.3 is 0 Å². The second-order valence-corrected chi connectivity index (χ2v) is 6.21. The number of benzene rings is 1. The second kappa shape index (κ2) is 4.52. The van der Waals surface area contributed by atoms with E-state index in [1.54, 1.807) is 11.3 Å². The number of fused-ring (bicyclic) bond motifs is 1. The van der Waals surface area contributed by atoms with Gasteiger partial charge in [-0.1, -0.05) is 15.9 Å². The number of aryl methyl sites for hydroxylation is 1. The summed E-state index contributed by atoms with van der Waals surface area (Å²) in [4.78, 5) is 13.3. The van der Waals surface area contributed by atoms with E-state index in [1.165, 1.54) is 5.56 Å². The topological polar surface area (TPSA) is 26.3 Å². The fourth-order valence-electron chi connectivity index (χ4n) is 2.16. The standard InChI is InChI=1S/C14H11BrO2S/c1-8-4-5-18-14(8)13-7-11(16)10-6-9(15)2-3-12(10)17-13/h2-6,13H,7H2,1H3. The summed E-state index contributed by atoms with van der Waals surface area (Å²) in [5.41, 5.74) is 1.87. The Morgan fingerprint density at radius 3 is 2.94 bits per heavy atom. The van der Waals surface area contributed by atoms with E-state index < -0.39 is 0 Å². The lowest BCUT2D eigenvalue weighted by molar-refractivity contribution is 0.0853. The van der Waals surface area contributed by atoms with Crippen molar-refractivity contribution in [3.63, 3.8) is 0 Å². The van der Waals surface area contributed by atoms with Crippen LogP contribution in [0.25, 0.3) is 0 Å². The Bertz CT molecular complexity index is 618. The summed E-state index contributed by atoms with van der Waals surface area (Å²) in [6.45, 7) is 2.05. The van der Waals surface area contributed by atoms with Crippen molar-refractivity contribution >= 4 is 33.0 Å². The van der Waals surface area contributed by atoms with Crippen LogP contribution in [0.15, 0.2) is 34.1 Å². The van der Waals surface area contributed by atoms with Gasteiger partial charge in [0.1, 0.15) is 11.9 Å². The Morgan fingerprint density at radius 1 is 1.39 bits per heavy atom. The van der Waals surface area contributed by atoms with Gasteiger partial charge < -0.3 is 4.74 Å². The third kappa shape index (κ3) is 1.99. The monoisotopic (exact) mass is 322 g/mol. The molecule has 0 aliphatic carbocycles. The highest BCUT2D eigenvalue weighted by Crippen LogP contribution is 2.38. The molecule has 4 heteroatoms. The van der Waals surface area contributed by atoms with Gasteiger partial charge in [0.25, 0.3) is 0 Å². The fraction of sp³-hybridized carbons (Fsp3) is 0.214. The Morgan fingerprint density at radius 2 is 2.22 bits per heavy atom. The molecule has 0 amide bonds. The highest BCUT2D eigenvalue weighted by atomic mass is 79.9. The lowest BCUT2D eigenvalue weighted by Gasteiger charge is -2.25. The molecule has 1 aliphatic heterocycles. The maximum Gasteiger partial charge on any atom is 0.170 e. The molecule has 1 aromatic heterocycles. The molecule has 0 radical (unpaired) electrons. The van der Waals surface area contributed by atoms with Crippen molar-refractivity contribution in [2.75, 3.05) is 0 Å². The first-order valence-corrected chi connectivity index (χ1v) is 7.36. The summed E-state index contributed by atoms with van der Waals surface area (Å²) in [7, 11) is 0. The normalized spacial score (nSPS) is 18.3. The van der Waals surface area contributed by atoms with E-state index >= 15 is 0 Å². The average Bonchev–Trinajstić information content (AvgIpc) is 2.76. The molecule has 18 heavy (non-hydrogen) atoms. The molecular formula is C14H11BrO2S. The number of ether oxygens (including phenoxy) is 1. The minimum absolute atomic E-state index is 0.133. The van der Waals surface area contributed by atoms with Crippen molar-refractivity contribution in [3.8, 4) is 5.75 Å². The van der Waals surface area contributed by atoms with Crippen molar-refractivity contribution in [1.82, 2.24) is 0 Å².